The molecule has 4 atom stereocenters. The summed E-state index contributed by atoms with van der Waals surface area (Å²) in [7, 11) is 0. The van der Waals surface area contributed by atoms with Gasteiger partial charge in [-0.2, -0.15) is 9.97 Å². The zero-order chi connectivity index (χ0) is 30.2. The average molecular weight is 602 g/mol. The van der Waals surface area contributed by atoms with Crippen LogP contribution in [0.4, 0.5) is 24.8 Å². The number of hydrogen-bond acceptors (Lipinski definition) is 9. The Morgan fingerprint density at radius 1 is 1.14 bits per heavy atom. The smallest absolute Gasteiger partial charge is 0.319 e. The molecule has 12 heteroatoms. The van der Waals surface area contributed by atoms with E-state index in [2.05, 4.69) is 30.7 Å². The Balaban J connectivity index is 1.28. The number of morpholine rings is 1. The van der Waals surface area contributed by atoms with Crippen LogP contribution in [0.3, 0.4) is 0 Å². The third-order valence-electron chi connectivity index (χ3n) is 9.56. The van der Waals surface area contributed by atoms with Crippen molar-refractivity contribution in [2.75, 3.05) is 43.4 Å². The lowest BCUT2D eigenvalue weighted by atomic mass is 9.95. The van der Waals surface area contributed by atoms with Crippen molar-refractivity contribution in [1.29, 1.82) is 0 Å². The summed E-state index contributed by atoms with van der Waals surface area (Å²) in [6, 6.07) is 4.08. The van der Waals surface area contributed by atoms with E-state index in [-0.39, 0.29) is 58.4 Å². The van der Waals surface area contributed by atoms with Crippen molar-refractivity contribution < 1.29 is 22.6 Å². The topological polar surface area (TPSA) is 103 Å². The molecule has 4 aliphatic heterocycles. The number of alkyl halides is 1. The predicted octanol–water partition coefficient (Wildman–Crippen LogP) is 4.40. The van der Waals surface area contributed by atoms with Gasteiger partial charge in [0.05, 0.1) is 34.2 Å². The first-order valence-electron chi connectivity index (χ1n) is 15.0. The molecule has 226 valence electrons. The summed E-state index contributed by atoms with van der Waals surface area (Å²) in [5.41, 5.74) is 5.99. The Bertz CT molecular complexity index is 1850. The van der Waals surface area contributed by atoms with E-state index in [1.165, 1.54) is 24.4 Å². The molecule has 4 saturated heterocycles. The quantitative estimate of drug-likeness (QED) is 0.334. The number of rotatable bonds is 5. The van der Waals surface area contributed by atoms with Crippen molar-refractivity contribution in [3.63, 3.8) is 0 Å². The molecule has 1 aromatic carbocycles. The van der Waals surface area contributed by atoms with Gasteiger partial charge in [-0.05, 0) is 50.4 Å². The number of ether oxygens (including phenoxy) is 2. The molecule has 2 bridgehead atoms. The van der Waals surface area contributed by atoms with Gasteiger partial charge in [-0.15, -0.1) is 6.42 Å². The zero-order valence-electron chi connectivity index (χ0n) is 23.9. The Hall–Kier alpha value is -4.21. The Morgan fingerprint density at radius 2 is 1.95 bits per heavy atom. The standard InChI is InChI=1S/C32H30F3N7O2/c1-2-20-23(34)6-7-24-26(20)21(10-25(36)38-24)28-27(35)29-22(12-37-28)30(41-14-18-4-5-19(15-41)44-18)40-31(39-29)43-16-32-8-3-9-42(32)13-17(33)11-32/h1,6-7,10,12,17-19H,3-5,8-9,11,13-16H2,(H2,36,38)/t17-,18?,19?,32+/m1/s1. The van der Waals surface area contributed by atoms with Gasteiger partial charge < -0.3 is 20.1 Å². The van der Waals surface area contributed by atoms with Crippen molar-refractivity contribution in [3.8, 4) is 29.6 Å². The summed E-state index contributed by atoms with van der Waals surface area (Å²) in [5.74, 6) is 1.56. The molecule has 7 heterocycles. The van der Waals surface area contributed by atoms with Crippen molar-refractivity contribution in [2.24, 2.45) is 0 Å². The number of fused-ring (bicyclic) bond motifs is 5. The molecule has 0 saturated carbocycles. The number of nitrogens with zero attached hydrogens (tertiary/aromatic N) is 6. The molecule has 0 amide bonds. The molecule has 4 aliphatic rings. The molecule has 0 spiro atoms. The van der Waals surface area contributed by atoms with E-state index in [9.17, 15) is 8.78 Å². The molecule has 0 aliphatic carbocycles. The highest BCUT2D eigenvalue weighted by Crippen LogP contribution is 2.42. The largest absolute Gasteiger partial charge is 0.461 e. The maximum Gasteiger partial charge on any atom is 0.319 e. The van der Waals surface area contributed by atoms with Crippen molar-refractivity contribution in [1.82, 2.24) is 24.8 Å². The molecular weight excluding hydrogens is 571 g/mol. The van der Waals surface area contributed by atoms with Crippen LogP contribution in [0.5, 0.6) is 6.01 Å². The third-order valence-corrected chi connectivity index (χ3v) is 9.56. The summed E-state index contributed by atoms with van der Waals surface area (Å²) >= 11 is 0. The van der Waals surface area contributed by atoms with Gasteiger partial charge in [0.1, 0.15) is 41.4 Å². The minimum Gasteiger partial charge on any atom is -0.461 e. The molecule has 2 N–H and O–H groups in total. The van der Waals surface area contributed by atoms with Crippen molar-refractivity contribution >= 4 is 33.4 Å². The molecule has 0 radical (unpaired) electrons. The first kappa shape index (κ1) is 27.3. The van der Waals surface area contributed by atoms with Gasteiger partial charge in [-0.3, -0.25) is 9.88 Å². The van der Waals surface area contributed by atoms with Gasteiger partial charge in [0.25, 0.3) is 0 Å². The van der Waals surface area contributed by atoms with Crippen LogP contribution in [0.25, 0.3) is 33.1 Å². The molecule has 4 aromatic rings. The highest BCUT2D eigenvalue weighted by atomic mass is 19.1. The summed E-state index contributed by atoms with van der Waals surface area (Å²) in [6.07, 6.45) is 10.4. The summed E-state index contributed by atoms with van der Waals surface area (Å²) < 4.78 is 58.2. The van der Waals surface area contributed by atoms with Crippen molar-refractivity contribution in [2.45, 2.75) is 56.0 Å². The van der Waals surface area contributed by atoms with Crippen LogP contribution in [0.2, 0.25) is 0 Å². The van der Waals surface area contributed by atoms with Crippen LogP contribution >= 0.6 is 0 Å². The first-order chi connectivity index (χ1) is 21.3. The Morgan fingerprint density at radius 3 is 2.75 bits per heavy atom. The van der Waals surface area contributed by atoms with Gasteiger partial charge in [0.2, 0.25) is 0 Å². The normalized spacial score (nSPS) is 26.4. The van der Waals surface area contributed by atoms with Gasteiger partial charge in [0, 0.05) is 43.2 Å². The van der Waals surface area contributed by atoms with Crippen molar-refractivity contribution in [3.05, 3.63) is 41.6 Å². The molecular formula is C32H30F3N7O2. The van der Waals surface area contributed by atoms with Gasteiger partial charge >= 0.3 is 6.01 Å². The highest BCUT2D eigenvalue weighted by molar-refractivity contribution is 6.01. The van der Waals surface area contributed by atoms with E-state index in [1.54, 1.807) is 0 Å². The third kappa shape index (κ3) is 4.32. The van der Waals surface area contributed by atoms with E-state index in [4.69, 9.17) is 26.6 Å². The van der Waals surface area contributed by atoms with Gasteiger partial charge in [0.15, 0.2) is 5.82 Å². The number of nitrogens with two attached hydrogens (primary N) is 1. The second-order valence-electron chi connectivity index (χ2n) is 12.3. The van der Waals surface area contributed by atoms with Gasteiger partial charge in [-0.1, -0.05) is 5.92 Å². The van der Waals surface area contributed by atoms with Crippen LogP contribution < -0.4 is 15.4 Å². The Labute approximate surface area is 251 Å². The zero-order valence-corrected chi connectivity index (χ0v) is 23.9. The van der Waals surface area contributed by atoms with E-state index >= 15 is 4.39 Å². The predicted molar refractivity (Wildman–Crippen MR) is 159 cm³/mol. The molecule has 44 heavy (non-hydrogen) atoms. The summed E-state index contributed by atoms with van der Waals surface area (Å²) in [6.45, 7) is 2.57. The SMILES string of the molecule is C#Cc1c(F)ccc2nc(N)cc(-c3ncc4c(N5CC6CCC(C5)O6)nc(OC[C@@]56CCCN5C[C@H](F)C6)nc4c3F)c12. The number of aromatic nitrogens is 4. The minimum absolute atomic E-state index is 0.000352. The monoisotopic (exact) mass is 601 g/mol. The number of nitrogen functional groups attached to an aromatic ring is 1. The lowest BCUT2D eigenvalue weighted by molar-refractivity contribution is 0.0302. The number of pyridine rings is 2. The van der Waals surface area contributed by atoms with Crippen LogP contribution in [-0.2, 0) is 4.74 Å². The second kappa shape index (κ2) is 10.2. The minimum atomic E-state index is -0.915. The molecule has 4 fully saturated rings. The lowest BCUT2D eigenvalue weighted by Gasteiger charge is -2.34. The van der Waals surface area contributed by atoms with Crippen LogP contribution in [-0.4, -0.2) is 81.5 Å². The van der Waals surface area contributed by atoms with E-state index in [0.717, 1.165) is 32.2 Å². The fourth-order valence-corrected chi connectivity index (χ4v) is 7.60. The van der Waals surface area contributed by atoms with E-state index in [1.807, 2.05) is 0 Å². The van der Waals surface area contributed by atoms with E-state index < -0.39 is 23.3 Å². The van der Waals surface area contributed by atoms with Crippen LogP contribution in [0, 0.1) is 24.0 Å². The number of benzene rings is 1. The fourth-order valence-electron chi connectivity index (χ4n) is 7.60. The maximum absolute atomic E-state index is 16.7. The molecule has 3 aromatic heterocycles. The fraction of sp³-hybridized carbons (Fsp3) is 0.438. The Kier molecular flexibility index (Phi) is 6.32. The molecule has 2 unspecified atom stereocenters. The number of anilines is 2. The van der Waals surface area contributed by atoms with Crippen LogP contribution in [0.1, 0.15) is 37.7 Å². The maximum atomic E-state index is 16.7. The number of terminal acetylenes is 1. The number of hydrogen-bond donors (Lipinski definition) is 1. The molecule has 8 rings (SSSR count). The van der Waals surface area contributed by atoms with E-state index in [0.29, 0.717) is 42.8 Å². The average Bonchev–Trinajstić information content (AvgIpc) is 3.66. The lowest BCUT2D eigenvalue weighted by Crippen LogP contribution is -2.44. The van der Waals surface area contributed by atoms with Crippen LogP contribution in [0.15, 0.2) is 24.4 Å². The first-order valence-corrected chi connectivity index (χ1v) is 15.0. The second-order valence-corrected chi connectivity index (χ2v) is 12.3. The summed E-state index contributed by atoms with van der Waals surface area (Å²) in [5, 5.41) is 0.630. The number of halogens is 3. The summed E-state index contributed by atoms with van der Waals surface area (Å²) in [4.78, 5) is 22.3. The highest BCUT2D eigenvalue weighted by Gasteiger charge is 2.49. The molecule has 9 nitrogen and oxygen atoms in total. The van der Waals surface area contributed by atoms with Gasteiger partial charge in [-0.25, -0.2) is 18.2 Å².